The monoisotopic (exact) mass is 403 g/mol. The molecule has 0 radical (unpaired) electrons. The zero-order chi connectivity index (χ0) is 21.1. The molecule has 1 aromatic carbocycles. The molecular weight excluding hydrogens is 370 g/mol. The summed E-state index contributed by atoms with van der Waals surface area (Å²) in [6.45, 7) is 7.12. The fraction of sp³-hybridized carbons (Fsp3) is 0.652. The summed E-state index contributed by atoms with van der Waals surface area (Å²) in [5, 5.41) is 0. The van der Waals surface area contributed by atoms with Crippen molar-refractivity contribution in [3.63, 3.8) is 0 Å². The lowest BCUT2D eigenvalue weighted by Gasteiger charge is -2.39. The van der Waals surface area contributed by atoms with E-state index in [4.69, 9.17) is 14.2 Å². The number of likely N-dealkylation sites (tertiary alicyclic amines) is 1. The molecule has 6 heteroatoms. The number of nitrogens with zero attached hydrogens (tertiary/aromatic N) is 1. The van der Waals surface area contributed by atoms with Gasteiger partial charge in [-0.05, 0) is 63.9 Å². The molecule has 0 spiro atoms. The molecule has 3 rings (SSSR count). The van der Waals surface area contributed by atoms with E-state index in [0.717, 1.165) is 24.8 Å². The predicted octanol–water partition coefficient (Wildman–Crippen LogP) is 4.32. The highest BCUT2D eigenvalue weighted by atomic mass is 16.6. The van der Waals surface area contributed by atoms with Crippen molar-refractivity contribution in [3.8, 4) is 0 Å². The Hall–Kier alpha value is -2.08. The molecule has 1 saturated carbocycles. The first-order valence-corrected chi connectivity index (χ1v) is 10.4. The highest BCUT2D eigenvalue weighted by molar-refractivity contribution is 5.86. The van der Waals surface area contributed by atoms with Crippen LogP contribution in [-0.4, -0.2) is 48.4 Å². The summed E-state index contributed by atoms with van der Waals surface area (Å²) in [7, 11) is 1.39. The lowest BCUT2D eigenvalue weighted by Crippen LogP contribution is -2.56. The summed E-state index contributed by atoms with van der Waals surface area (Å²) in [6, 6.07) is 10.1. The third kappa shape index (κ3) is 5.10. The molecule has 1 aliphatic carbocycles. The van der Waals surface area contributed by atoms with E-state index >= 15 is 0 Å². The summed E-state index contributed by atoms with van der Waals surface area (Å²) < 4.78 is 16.8. The maximum atomic E-state index is 12.9. The van der Waals surface area contributed by atoms with E-state index in [9.17, 15) is 9.59 Å². The van der Waals surface area contributed by atoms with Crippen LogP contribution in [0.3, 0.4) is 0 Å². The van der Waals surface area contributed by atoms with Gasteiger partial charge < -0.3 is 14.2 Å². The molecule has 1 atom stereocenters. The van der Waals surface area contributed by atoms with Crippen molar-refractivity contribution in [2.24, 2.45) is 5.41 Å². The van der Waals surface area contributed by atoms with Crippen molar-refractivity contribution in [1.29, 1.82) is 0 Å². The number of esters is 1. The average molecular weight is 404 g/mol. The number of amides is 1. The van der Waals surface area contributed by atoms with Crippen molar-refractivity contribution in [2.75, 3.05) is 20.3 Å². The van der Waals surface area contributed by atoms with Crippen LogP contribution in [-0.2, 0) is 25.6 Å². The Bertz CT molecular complexity index is 723. The van der Waals surface area contributed by atoms with Crippen LogP contribution in [0.5, 0.6) is 0 Å². The Morgan fingerprint density at radius 1 is 1.10 bits per heavy atom. The van der Waals surface area contributed by atoms with Gasteiger partial charge in [-0.25, -0.2) is 9.59 Å². The van der Waals surface area contributed by atoms with Crippen molar-refractivity contribution >= 4 is 12.1 Å². The van der Waals surface area contributed by atoms with Crippen LogP contribution in [0.25, 0.3) is 0 Å². The SMILES string of the molecule is COC(=O)C1(CC2(COCc3ccccc3)CC2)CCCN1C(=O)OC(C)(C)C. The minimum atomic E-state index is -0.969. The summed E-state index contributed by atoms with van der Waals surface area (Å²) in [6.07, 6.45) is 3.45. The van der Waals surface area contributed by atoms with E-state index in [-0.39, 0.29) is 11.4 Å². The standard InChI is InChI=1S/C23H33NO5/c1-21(2,3)29-20(26)24-14-8-11-23(24,19(25)27-4)16-22(12-13-22)17-28-15-18-9-6-5-7-10-18/h5-7,9-10H,8,11-17H2,1-4H3. The van der Waals surface area contributed by atoms with E-state index in [0.29, 0.717) is 32.6 Å². The third-order valence-corrected chi connectivity index (χ3v) is 5.81. The van der Waals surface area contributed by atoms with Gasteiger partial charge in [0.05, 0.1) is 20.3 Å². The molecule has 1 heterocycles. The minimum absolute atomic E-state index is 0.0897. The van der Waals surface area contributed by atoms with Gasteiger partial charge in [-0.3, -0.25) is 4.90 Å². The van der Waals surface area contributed by atoms with Crippen molar-refractivity contribution in [3.05, 3.63) is 35.9 Å². The van der Waals surface area contributed by atoms with Gasteiger partial charge in [0.25, 0.3) is 0 Å². The van der Waals surface area contributed by atoms with E-state index in [1.165, 1.54) is 7.11 Å². The summed E-state index contributed by atoms with van der Waals surface area (Å²) in [5.41, 5.74) is -0.545. The predicted molar refractivity (Wildman–Crippen MR) is 109 cm³/mol. The van der Waals surface area contributed by atoms with Gasteiger partial charge in [-0.15, -0.1) is 0 Å². The van der Waals surface area contributed by atoms with E-state index < -0.39 is 17.2 Å². The molecule has 1 aromatic rings. The second-order valence-electron chi connectivity index (χ2n) is 9.41. The first-order chi connectivity index (χ1) is 13.7. The first kappa shape index (κ1) is 21.6. The number of hydrogen-bond donors (Lipinski definition) is 0. The molecule has 2 aliphatic rings. The largest absolute Gasteiger partial charge is 0.467 e. The minimum Gasteiger partial charge on any atom is -0.467 e. The Balaban J connectivity index is 1.71. The van der Waals surface area contributed by atoms with Crippen LogP contribution in [0.15, 0.2) is 30.3 Å². The van der Waals surface area contributed by atoms with E-state index in [2.05, 4.69) is 0 Å². The highest BCUT2D eigenvalue weighted by Crippen LogP contribution is 2.55. The van der Waals surface area contributed by atoms with Crippen LogP contribution < -0.4 is 0 Å². The Kier molecular flexibility index (Phi) is 6.22. The Morgan fingerprint density at radius 2 is 1.79 bits per heavy atom. The average Bonchev–Trinajstić information content (AvgIpc) is 3.28. The molecular formula is C23H33NO5. The lowest BCUT2D eigenvalue weighted by atomic mass is 9.83. The maximum Gasteiger partial charge on any atom is 0.411 e. The Morgan fingerprint density at radius 3 is 2.38 bits per heavy atom. The number of ether oxygens (including phenoxy) is 3. The molecule has 2 fully saturated rings. The molecule has 29 heavy (non-hydrogen) atoms. The van der Waals surface area contributed by atoms with Crippen LogP contribution in [0.1, 0.15) is 58.4 Å². The summed E-state index contributed by atoms with van der Waals surface area (Å²) >= 11 is 0. The number of hydrogen-bond acceptors (Lipinski definition) is 5. The zero-order valence-corrected chi connectivity index (χ0v) is 18.0. The van der Waals surface area contributed by atoms with Crippen LogP contribution >= 0.6 is 0 Å². The van der Waals surface area contributed by atoms with Gasteiger partial charge >= 0.3 is 12.1 Å². The van der Waals surface area contributed by atoms with Gasteiger partial charge in [0, 0.05) is 6.54 Å². The molecule has 1 saturated heterocycles. The number of carbonyl (C=O) groups is 2. The fourth-order valence-electron chi connectivity index (χ4n) is 4.25. The van der Waals surface area contributed by atoms with Gasteiger partial charge in [0.2, 0.25) is 0 Å². The second-order valence-corrected chi connectivity index (χ2v) is 9.41. The summed E-state index contributed by atoms with van der Waals surface area (Å²) in [4.78, 5) is 27.4. The quantitative estimate of drug-likeness (QED) is 0.635. The molecule has 1 unspecified atom stereocenters. The van der Waals surface area contributed by atoms with Crippen LogP contribution in [0.2, 0.25) is 0 Å². The number of benzene rings is 1. The normalized spacial score (nSPS) is 23.0. The Labute approximate surface area is 173 Å². The summed E-state index contributed by atoms with van der Waals surface area (Å²) in [5.74, 6) is -0.352. The molecule has 0 aromatic heterocycles. The molecule has 0 N–H and O–H groups in total. The smallest absolute Gasteiger partial charge is 0.411 e. The topological polar surface area (TPSA) is 65.1 Å². The molecule has 1 amide bonds. The number of rotatable bonds is 7. The number of methoxy groups -OCH3 is 1. The lowest BCUT2D eigenvalue weighted by molar-refractivity contribution is -0.155. The van der Waals surface area contributed by atoms with Crippen molar-refractivity contribution in [2.45, 2.75) is 70.6 Å². The highest BCUT2D eigenvalue weighted by Gasteiger charge is 2.59. The van der Waals surface area contributed by atoms with Crippen molar-refractivity contribution < 1.29 is 23.8 Å². The zero-order valence-electron chi connectivity index (χ0n) is 18.0. The molecule has 0 bridgehead atoms. The fourth-order valence-corrected chi connectivity index (χ4v) is 4.25. The second kappa shape index (κ2) is 8.34. The third-order valence-electron chi connectivity index (χ3n) is 5.81. The maximum absolute atomic E-state index is 12.9. The molecule has 160 valence electrons. The molecule has 6 nitrogen and oxygen atoms in total. The van der Waals surface area contributed by atoms with E-state index in [1.807, 2.05) is 51.1 Å². The van der Waals surface area contributed by atoms with Gasteiger partial charge in [-0.1, -0.05) is 30.3 Å². The molecule has 1 aliphatic heterocycles. The van der Waals surface area contributed by atoms with Crippen molar-refractivity contribution in [1.82, 2.24) is 4.90 Å². The first-order valence-electron chi connectivity index (χ1n) is 10.4. The van der Waals surface area contributed by atoms with Gasteiger partial charge in [0.15, 0.2) is 0 Å². The van der Waals surface area contributed by atoms with Crippen LogP contribution in [0.4, 0.5) is 4.79 Å². The van der Waals surface area contributed by atoms with E-state index in [1.54, 1.807) is 4.90 Å². The van der Waals surface area contributed by atoms with Gasteiger partial charge in [0.1, 0.15) is 11.1 Å². The van der Waals surface area contributed by atoms with Crippen LogP contribution in [0, 0.1) is 5.41 Å². The number of carbonyl (C=O) groups excluding carboxylic acids is 2. The van der Waals surface area contributed by atoms with Gasteiger partial charge in [-0.2, -0.15) is 0 Å².